The fraction of sp³-hybridized carbons (Fsp3) is 0.316. The summed E-state index contributed by atoms with van der Waals surface area (Å²) in [7, 11) is 1.60. The van der Waals surface area contributed by atoms with Gasteiger partial charge in [0.2, 0.25) is 5.91 Å². The molecule has 0 atom stereocenters. The van der Waals surface area contributed by atoms with Crippen LogP contribution in [-0.4, -0.2) is 39.4 Å². The summed E-state index contributed by atoms with van der Waals surface area (Å²) in [4.78, 5) is 12.1. The van der Waals surface area contributed by atoms with Crippen LogP contribution in [0.15, 0.2) is 48.5 Å². The van der Waals surface area contributed by atoms with Crippen molar-refractivity contribution in [3.63, 3.8) is 0 Å². The van der Waals surface area contributed by atoms with Gasteiger partial charge in [-0.1, -0.05) is 12.1 Å². The predicted octanol–water partition coefficient (Wildman–Crippen LogP) is 3.16. The first-order valence-corrected chi connectivity index (χ1v) is 8.20. The largest absolute Gasteiger partial charge is 0.497 e. The van der Waals surface area contributed by atoms with Crippen molar-refractivity contribution in [3.8, 4) is 11.5 Å². The lowest BCUT2D eigenvalue weighted by Gasteiger charge is -2.13. The Morgan fingerprint density at radius 1 is 1.04 bits per heavy atom. The van der Waals surface area contributed by atoms with E-state index in [-0.39, 0.29) is 12.5 Å². The minimum absolute atomic E-state index is 0.137. The predicted molar refractivity (Wildman–Crippen MR) is 98.5 cm³/mol. The Bertz CT molecular complexity index is 659. The first-order chi connectivity index (χ1) is 12.2. The highest BCUT2D eigenvalue weighted by Gasteiger charge is 2.06. The normalized spacial score (nSPS) is 10.2. The number of nitrogens with one attached hydrogen (secondary N) is 2. The van der Waals surface area contributed by atoms with Crippen molar-refractivity contribution in [3.05, 3.63) is 48.5 Å². The van der Waals surface area contributed by atoms with E-state index >= 15 is 0 Å². The van der Waals surface area contributed by atoms with Crippen LogP contribution in [0.25, 0.3) is 0 Å². The third kappa shape index (κ3) is 6.35. The number of carbonyl (C=O) groups excluding carboxylic acids is 1. The molecule has 2 aromatic rings. The van der Waals surface area contributed by atoms with Crippen molar-refractivity contribution < 1.29 is 19.0 Å². The second kappa shape index (κ2) is 10.2. The van der Waals surface area contributed by atoms with Crippen LogP contribution in [0.5, 0.6) is 11.5 Å². The number of hydrogen-bond acceptors (Lipinski definition) is 5. The van der Waals surface area contributed by atoms with E-state index in [4.69, 9.17) is 14.2 Å². The monoisotopic (exact) mass is 344 g/mol. The molecule has 0 saturated carbocycles. The smallest absolute Gasteiger partial charge is 0.243 e. The topological polar surface area (TPSA) is 68.8 Å². The molecule has 0 saturated heterocycles. The number of hydrogen-bond donors (Lipinski definition) is 2. The summed E-state index contributed by atoms with van der Waals surface area (Å²) in [5.74, 6) is 1.29. The van der Waals surface area contributed by atoms with Gasteiger partial charge in [0.15, 0.2) is 0 Å². The summed E-state index contributed by atoms with van der Waals surface area (Å²) in [5, 5.41) is 5.92. The van der Waals surface area contributed by atoms with Crippen molar-refractivity contribution in [2.75, 3.05) is 44.1 Å². The number of rotatable bonds is 10. The number of amides is 1. The Balaban J connectivity index is 1.84. The van der Waals surface area contributed by atoms with Crippen molar-refractivity contribution >= 4 is 17.3 Å². The maximum Gasteiger partial charge on any atom is 0.243 e. The minimum Gasteiger partial charge on any atom is -0.497 e. The standard InChI is InChI=1S/C19H24N2O4/c1-3-24-12-13-25-18-7-5-4-6-17(18)20-14-19(22)21-15-8-10-16(23-2)11-9-15/h4-11,20H,3,12-14H2,1-2H3,(H,21,22). The van der Waals surface area contributed by atoms with E-state index in [0.29, 0.717) is 31.3 Å². The molecule has 1 amide bonds. The zero-order valence-electron chi connectivity index (χ0n) is 14.6. The average Bonchev–Trinajstić information content (AvgIpc) is 2.65. The lowest BCUT2D eigenvalue weighted by Crippen LogP contribution is -2.22. The molecule has 0 radical (unpaired) electrons. The Morgan fingerprint density at radius 3 is 2.52 bits per heavy atom. The molecular formula is C19H24N2O4. The summed E-state index contributed by atoms with van der Waals surface area (Å²) in [5.41, 5.74) is 1.48. The molecule has 0 heterocycles. The van der Waals surface area contributed by atoms with Crippen LogP contribution in [0.2, 0.25) is 0 Å². The van der Waals surface area contributed by atoms with E-state index in [0.717, 1.165) is 11.4 Å². The zero-order valence-corrected chi connectivity index (χ0v) is 14.6. The van der Waals surface area contributed by atoms with Crippen LogP contribution in [-0.2, 0) is 9.53 Å². The van der Waals surface area contributed by atoms with Crippen LogP contribution in [0, 0.1) is 0 Å². The molecule has 134 valence electrons. The number of benzene rings is 2. The van der Waals surface area contributed by atoms with Gasteiger partial charge in [0.25, 0.3) is 0 Å². The SMILES string of the molecule is CCOCCOc1ccccc1NCC(=O)Nc1ccc(OC)cc1. The van der Waals surface area contributed by atoms with Crippen LogP contribution in [0.1, 0.15) is 6.92 Å². The van der Waals surface area contributed by atoms with Crippen LogP contribution in [0.3, 0.4) is 0 Å². The van der Waals surface area contributed by atoms with Gasteiger partial charge in [0.05, 0.1) is 25.9 Å². The van der Waals surface area contributed by atoms with Gasteiger partial charge < -0.3 is 24.8 Å². The molecule has 0 aliphatic rings. The zero-order chi connectivity index (χ0) is 17.9. The number of para-hydroxylation sites is 2. The van der Waals surface area contributed by atoms with Gasteiger partial charge >= 0.3 is 0 Å². The van der Waals surface area contributed by atoms with Gasteiger partial charge in [0.1, 0.15) is 18.1 Å². The number of anilines is 2. The van der Waals surface area contributed by atoms with Gasteiger partial charge in [-0.05, 0) is 43.3 Å². The fourth-order valence-electron chi connectivity index (χ4n) is 2.15. The first-order valence-electron chi connectivity index (χ1n) is 8.20. The Labute approximate surface area is 148 Å². The highest BCUT2D eigenvalue weighted by molar-refractivity contribution is 5.94. The fourth-order valence-corrected chi connectivity index (χ4v) is 2.15. The highest BCUT2D eigenvalue weighted by Crippen LogP contribution is 2.23. The molecule has 2 rings (SSSR count). The van der Waals surface area contributed by atoms with Gasteiger partial charge in [0, 0.05) is 12.3 Å². The van der Waals surface area contributed by atoms with E-state index in [1.165, 1.54) is 0 Å². The second-order valence-electron chi connectivity index (χ2n) is 5.17. The lowest BCUT2D eigenvalue weighted by molar-refractivity contribution is -0.114. The van der Waals surface area contributed by atoms with Crippen molar-refractivity contribution in [1.29, 1.82) is 0 Å². The summed E-state index contributed by atoms with van der Waals surface area (Å²) >= 11 is 0. The molecular weight excluding hydrogens is 320 g/mol. The van der Waals surface area contributed by atoms with E-state index in [1.54, 1.807) is 31.4 Å². The molecule has 6 heteroatoms. The summed E-state index contributed by atoms with van der Waals surface area (Å²) in [6.45, 7) is 3.73. The average molecular weight is 344 g/mol. The number of ether oxygens (including phenoxy) is 3. The molecule has 0 spiro atoms. The molecule has 0 bridgehead atoms. The van der Waals surface area contributed by atoms with Gasteiger partial charge in [-0.3, -0.25) is 4.79 Å². The maximum absolute atomic E-state index is 12.1. The second-order valence-corrected chi connectivity index (χ2v) is 5.17. The molecule has 6 nitrogen and oxygen atoms in total. The first kappa shape index (κ1) is 18.6. The molecule has 0 unspecified atom stereocenters. The van der Waals surface area contributed by atoms with Crippen molar-refractivity contribution in [2.24, 2.45) is 0 Å². The van der Waals surface area contributed by atoms with Crippen molar-refractivity contribution in [2.45, 2.75) is 6.92 Å². The van der Waals surface area contributed by atoms with Gasteiger partial charge in [-0.15, -0.1) is 0 Å². The molecule has 0 fully saturated rings. The molecule has 0 aliphatic heterocycles. The molecule has 25 heavy (non-hydrogen) atoms. The molecule has 2 aromatic carbocycles. The van der Waals surface area contributed by atoms with E-state index in [1.807, 2.05) is 31.2 Å². The molecule has 0 aromatic heterocycles. The Kier molecular flexibility index (Phi) is 7.59. The number of carbonyl (C=O) groups is 1. The third-order valence-electron chi connectivity index (χ3n) is 3.39. The summed E-state index contributed by atoms with van der Waals surface area (Å²) in [6.07, 6.45) is 0. The summed E-state index contributed by atoms with van der Waals surface area (Å²) < 4.78 is 16.0. The summed E-state index contributed by atoms with van der Waals surface area (Å²) in [6, 6.07) is 14.7. The minimum atomic E-state index is -0.144. The Hall–Kier alpha value is -2.73. The van der Waals surface area contributed by atoms with Gasteiger partial charge in [-0.25, -0.2) is 0 Å². The van der Waals surface area contributed by atoms with Crippen molar-refractivity contribution in [1.82, 2.24) is 0 Å². The van der Waals surface area contributed by atoms with E-state index in [9.17, 15) is 4.79 Å². The lowest BCUT2D eigenvalue weighted by atomic mass is 10.3. The van der Waals surface area contributed by atoms with Gasteiger partial charge in [-0.2, -0.15) is 0 Å². The van der Waals surface area contributed by atoms with Crippen LogP contribution >= 0.6 is 0 Å². The quantitative estimate of drug-likeness (QED) is 0.648. The maximum atomic E-state index is 12.1. The number of methoxy groups -OCH3 is 1. The Morgan fingerprint density at radius 2 is 1.80 bits per heavy atom. The van der Waals surface area contributed by atoms with E-state index in [2.05, 4.69) is 10.6 Å². The van der Waals surface area contributed by atoms with Crippen LogP contribution in [0.4, 0.5) is 11.4 Å². The van der Waals surface area contributed by atoms with Crippen LogP contribution < -0.4 is 20.1 Å². The highest BCUT2D eigenvalue weighted by atomic mass is 16.5. The molecule has 0 aliphatic carbocycles. The third-order valence-corrected chi connectivity index (χ3v) is 3.39. The van der Waals surface area contributed by atoms with E-state index < -0.39 is 0 Å². The molecule has 2 N–H and O–H groups in total.